The molecule has 2 amide bonds. The molecule has 1 aromatic carbocycles. The Bertz CT molecular complexity index is 620. The first-order valence-electron chi connectivity index (χ1n) is 6.71. The van der Waals surface area contributed by atoms with Crippen molar-refractivity contribution in [3.8, 4) is 0 Å². The van der Waals surface area contributed by atoms with Crippen LogP contribution in [0.1, 0.15) is 16.4 Å². The molecular weight excluding hydrogens is 270 g/mol. The summed E-state index contributed by atoms with van der Waals surface area (Å²) < 4.78 is 1.74. The van der Waals surface area contributed by atoms with Crippen molar-refractivity contribution in [2.24, 2.45) is 0 Å². The summed E-state index contributed by atoms with van der Waals surface area (Å²) in [4.78, 5) is 25.5. The zero-order valence-electron chi connectivity index (χ0n) is 11.3. The molecule has 3 rings (SSSR count). The van der Waals surface area contributed by atoms with Crippen LogP contribution in [-0.4, -0.2) is 51.3 Å². The maximum absolute atomic E-state index is 11.9. The van der Waals surface area contributed by atoms with E-state index in [0.717, 1.165) is 0 Å². The van der Waals surface area contributed by atoms with Crippen LogP contribution in [-0.2, 0) is 4.79 Å². The van der Waals surface area contributed by atoms with Crippen molar-refractivity contribution in [2.45, 2.75) is 6.04 Å². The van der Waals surface area contributed by atoms with Gasteiger partial charge in [-0.2, -0.15) is 0 Å². The molecule has 1 fully saturated rings. The molecule has 0 aliphatic carbocycles. The van der Waals surface area contributed by atoms with E-state index < -0.39 is 0 Å². The molecule has 7 nitrogen and oxygen atoms in total. The van der Waals surface area contributed by atoms with E-state index in [-0.39, 0.29) is 24.4 Å². The van der Waals surface area contributed by atoms with E-state index in [4.69, 9.17) is 0 Å². The maximum atomic E-state index is 11.9. The highest BCUT2D eigenvalue weighted by atomic mass is 16.2. The lowest BCUT2D eigenvalue weighted by Crippen LogP contribution is -2.53. The average molecular weight is 285 g/mol. The van der Waals surface area contributed by atoms with Crippen molar-refractivity contribution in [1.29, 1.82) is 0 Å². The smallest absolute Gasteiger partial charge is 0.251 e. The number of benzene rings is 1. The molecule has 1 aliphatic heterocycles. The summed E-state index contributed by atoms with van der Waals surface area (Å²) in [7, 11) is 0. The number of amides is 2. The third-order valence-corrected chi connectivity index (χ3v) is 3.47. The number of likely N-dealkylation sites (tertiary alicyclic amines) is 1. The van der Waals surface area contributed by atoms with Crippen LogP contribution in [0.3, 0.4) is 0 Å². The van der Waals surface area contributed by atoms with Crippen molar-refractivity contribution in [2.75, 3.05) is 19.6 Å². The summed E-state index contributed by atoms with van der Waals surface area (Å²) >= 11 is 0. The first-order valence-corrected chi connectivity index (χ1v) is 6.71. The van der Waals surface area contributed by atoms with Crippen LogP contribution in [0.15, 0.2) is 42.7 Å². The van der Waals surface area contributed by atoms with Crippen LogP contribution in [0.2, 0.25) is 0 Å². The lowest BCUT2D eigenvalue weighted by atomic mass is 10.1. The average Bonchev–Trinajstić information content (AvgIpc) is 2.98. The summed E-state index contributed by atoms with van der Waals surface area (Å²) in [5.74, 6) is -0.326. The second-order valence-electron chi connectivity index (χ2n) is 4.88. The lowest BCUT2D eigenvalue weighted by molar-refractivity contribution is -0.136. The first kappa shape index (κ1) is 13.3. The number of nitrogens with one attached hydrogen (secondary N) is 1. The van der Waals surface area contributed by atoms with Crippen LogP contribution in [0, 0.1) is 0 Å². The van der Waals surface area contributed by atoms with Crippen molar-refractivity contribution in [1.82, 2.24) is 25.2 Å². The van der Waals surface area contributed by atoms with Crippen LogP contribution in [0.4, 0.5) is 0 Å². The molecule has 1 N–H and O–H groups in total. The molecule has 0 atom stereocenters. The van der Waals surface area contributed by atoms with E-state index in [1.165, 1.54) is 0 Å². The molecule has 1 aromatic heterocycles. The van der Waals surface area contributed by atoms with E-state index in [9.17, 15) is 9.59 Å². The van der Waals surface area contributed by atoms with Crippen LogP contribution in [0.5, 0.6) is 0 Å². The fraction of sp³-hybridized carbons (Fsp3) is 0.286. The monoisotopic (exact) mass is 285 g/mol. The van der Waals surface area contributed by atoms with E-state index in [2.05, 4.69) is 15.6 Å². The topological polar surface area (TPSA) is 80.1 Å². The molecule has 2 heterocycles. The second-order valence-corrected chi connectivity index (χ2v) is 4.88. The summed E-state index contributed by atoms with van der Waals surface area (Å²) in [6, 6.07) is 9.02. The molecule has 0 bridgehead atoms. The van der Waals surface area contributed by atoms with Gasteiger partial charge in [-0.1, -0.05) is 23.4 Å². The Morgan fingerprint density at radius 2 is 2.00 bits per heavy atom. The minimum absolute atomic E-state index is 0.0117. The molecule has 1 aliphatic rings. The highest BCUT2D eigenvalue weighted by molar-refractivity contribution is 5.96. The predicted molar refractivity (Wildman–Crippen MR) is 74.4 cm³/mol. The molecular formula is C14H15N5O2. The standard InChI is InChI=1S/C14H15N5O2/c20-13(8-15-14(21)11-4-2-1-3-5-11)18-9-12(10-18)19-7-6-16-17-19/h1-7,12H,8-10H2,(H,15,21). The van der Waals surface area contributed by atoms with Crippen molar-refractivity contribution < 1.29 is 9.59 Å². The van der Waals surface area contributed by atoms with Gasteiger partial charge in [-0.25, -0.2) is 4.68 Å². The van der Waals surface area contributed by atoms with Gasteiger partial charge in [0.15, 0.2) is 0 Å². The van der Waals surface area contributed by atoms with E-state index in [0.29, 0.717) is 18.7 Å². The zero-order chi connectivity index (χ0) is 14.7. The Morgan fingerprint density at radius 3 is 2.67 bits per heavy atom. The fourth-order valence-corrected chi connectivity index (χ4v) is 2.20. The number of hydrogen-bond donors (Lipinski definition) is 1. The van der Waals surface area contributed by atoms with Crippen molar-refractivity contribution in [3.05, 3.63) is 48.3 Å². The van der Waals surface area contributed by atoms with Gasteiger partial charge in [-0.3, -0.25) is 9.59 Å². The quantitative estimate of drug-likeness (QED) is 0.863. The first-order chi connectivity index (χ1) is 10.2. The number of hydrogen-bond acceptors (Lipinski definition) is 4. The normalized spacial score (nSPS) is 14.6. The van der Waals surface area contributed by atoms with E-state index in [1.807, 2.05) is 6.07 Å². The van der Waals surface area contributed by atoms with Gasteiger partial charge in [-0.05, 0) is 12.1 Å². The molecule has 108 valence electrons. The van der Waals surface area contributed by atoms with Gasteiger partial charge in [0.25, 0.3) is 5.91 Å². The molecule has 0 unspecified atom stereocenters. The number of carbonyl (C=O) groups excluding carboxylic acids is 2. The summed E-state index contributed by atoms with van der Waals surface area (Å²) in [5.41, 5.74) is 0.550. The molecule has 0 saturated carbocycles. The highest BCUT2D eigenvalue weighted by Crippen LogP contribution is 2.19. The Balaban J connectivity index is 1.45. The largest absolute Gasteiger partial charge is 0.343 e. The van der Waals surface area contributed by atoms with Crippen molar-refractivity contribution in [3.63, 3.8) is 0 Å². The van der Waals surface area contributed by atoms with Crippen molar-refractivity contribution >= 4 is 11.8 Å². The lowest BCUT2D eigenvalue weighted by Gasteiger charge is -2.38. The number of rotatable bonds is 4. The van der Waals surface area contributed by atoms with E-state index in [1.54, 1.807) is 46.2 Å². The van der Waals surface area contributed by atoms with Crippen LogP contribution < -0.4 is 5.32 Å². The van der Waals surface area contributed by atoms with Gasteiger partial charge in [-0.15, -0.1) is 5.10 Å². The number of carbonyl (C=O) groups is 2. The van der Waals surface area contributed by atoms with Crippen LogP contribution in [0.25, 0.3) is 0 Å². The third-order valence-electron chi connectivity index (χ3n) is 3.47. The minimum atomic E-state index is -0.239. The Morgan fingerprint density at radius 1 is 1.24 bits per heavy atom. The van der Waals surface area contributed by atoms with Gasteiger partial charge in [0.2, 0.25) is 5.91 Å². The SMILES string of the molecule is O=C(NCC(=O)N1CC(n2ccnn2)C1)c1ccccc1. The summed E-state index contributed by atoms with van der Waals surface area (Å²) in [5, 5.41) is 10.3. The Kier molecular flexibility index (Phi) is 3.63. The van der Waals surface area contributed by atoms with Crippen LogP contribution >= 0.6 is 0 Å². The van der Waals surface area contributed by atoms with E-state index >= 15 is 0 Å². The minimum Gasteiger partial charge on any atom is -0.343 e. The second kappa shape index (κ2) is 5.74. The molecule has 0 radical (unpaired) electrons. The molecule has 21 heavy (non-hydrogen) atoms. The molecule has 1 saturated heterocycles. The third kappa shape index (κ3) is 2.91. The van der Waals surface area contributed by atoms with Gasteiger partial charge >= 0.3 is 0 Å². The fourth-order valence-electron chi connectivity index (χ4n) is 2.20. The van der Waals surface area contributed by atoms with Gasteiger partial charge < -0.3 is 10.2 Å². The summed E-state index contributed by atoms with van der Waals surface area (Å²) in [6.07, 6.45) is 3.40. The molecule has 7 heteroatoms. The Hall–Kier alpha value is -2.70. The predicted octanol–water partition coefficient (Wildman–Crippen LogP) is 0.0914. The number of nitrogens with zero attached hydrogens (tertiary/aromatic N) is 4. The maximum Gasteiger partial charge on any atom is 0.251 e. The Labute approximate surface area is 121 Å². The summed E-state index contributed by atoms with van der Waals surface area (Å²) in [6.45, 7) is 1.21. The van der Waals surface area contributed by atoms with Gasteiger partial charge in [0.05, 0.1) is 18.8 Å². The van der Waals surface area contributed by atoms with Gasteiger partial charge in [0.1, 0.15) is 0 Å². The zero-order valence-corrected chi connectivity index (χ0v) is 11.3. The van der Waals surface area contributed by atoms with Gasteiger partial charge in [0, 0.05) is 24.8 Å². The highest BCUT2D eigenvalue weighted by Gasteiger charge is 2.32. The molecule has 0 spiro atoms. The molecule has 2 aromatic rings. The number of aromatic nitrogens is 3.